The monoisotopic (exact) mass is 293 g/mol. The number of ether oxygens (including phenoxy) is 1. The van der Waals surface area contributed by atoms with Gasteiger partial charge in [0.05, 0.1) is 19.0 Å². The van der Waals surface area contributed by atoms with Gasteiger partial charge in [-0.25, -0.2) is 0 Å². The zero-order valence-electron chi connectivity index (χ0n) is 14.3. The molecule has 0 spiro atoms. The Hall–Kier alpha value is -1.03. The van der Waals surface area contributed by atoms with Crippen LogP contribution in [-0.2, 0) is 7.05 Å². The molecule has 1 aromatic heterocycles. The fraction of sp³-hybridized carbons (Fsp3) is 0.824. The molecule has 4 heteroatoms. The molecule has 0 amide bonds. The van der Waals surface area contributed by atoms with E-state index in [4.69, 9.17) is 4.74 Å². The van der Waals surface area contributed by atoms with E-state index >= 15 is 0 Å². The normalized spacial score (nSPS) is 25.0. The van der Waals surface area contributed by atoms with Gasteiger partial charge >= 0.3 is 0 Å². The first-order valence-electron chi connectivity index (χ1n) is 8.25. The zero-order valence-corrected chi connectivity index (χ0v) is 14.3. The Labute approximate surface area is 129 Å². The van der Waals surface area contributed by atoms with Gasteiger partial charge in [0.25, 0.3) is 0 Å². The summed E-state index contributed by atoms with van der Waals surface area (Å²) < 4.78 is 7.57. The van der Waals surface area contributed by atoms with Crippen LogP contribution in [0.5, 0.6) is 5.75 Å². The minimum atomic E-state index is 0.404. The number of aromatic nitrogens is 2. The van der Waals surface area contributed by atoms with Gasteiger partial charge in [-0.05, 0) is 50.1 Å². The lowest BCUT2D eigenvalue weighted by atomic mass is 9.66. The molecule has 1 aromatic rings. The van der Waals surface area contributed by atoms with Crippen LogP contribution in [-0.4, -0.2) is 30.0 Å². The lowest BCUT2D eigenvalue weighted by molar-refractivity contribution is 0.153. The van der Waals surface area contributed by atoms with Gasteiger partial charge in [-0.3, -0.25) is 4.68 Å². The number of aryl methyl sites for hydroxylation is 1. The Morgan fingerprint density at radius 3 is 2.90 bits per heavy atom. The van der Waals surface area contributed by atoms with Gasteiger partial charge in [0, 0.05) is 13.0 Å². The van der Waals surface area contributed by atoms with Crippen LogP contribution in [0.1, 0.15) is 58.1 Å². The molecular weight excluding hydrogens is 262 g/mol. The molecule has 2 unspecified atom stereocenters. The van der Waals surface area contributed by atoms with Crippen LogP contribution in [0.3, 0.4) is 0 Å². The zero-order chi connectivity index (χ0) is 15.5. The smallest absolute Gasteiger partial charge is 0.160 e. The van der Waals surface area contributed by atoms with Gasteiger partial charge in [-0.15, -0.1) is 0 Å². The molecule has 1 N–H and O–H groups in total. The van der Waals surface area contributed by atoms with Crippen LogP contribution in [0.25, 0.3) is 0 Å². The highest BCUT2D eigenvalue weighted by Crippen LogP contribution is 2.48. The molecular formula is C17H31N3O. The van der Waals surface area contributed by atoms with Crippen molar-refractivity contribution in [2.45, 2.75) is 52.4 Å². The van der Waals surface area contributed by atoms with Crippen LogP contribution >= 0.6 is 0 Å². The van der Waals surface area contributed by atoms with Crippen molar-refractivity contribution < 1.29 is 4.74 Å². The molecule has 21 heavy (non-hydrogen) atoms. The largest absolute Gasteiger partial charge is 0.493 e. The highest BCUT2D eigenvalue weighted by Gasteiger charge is 2.38. The van der Waals surface area contributed by atoms with E-state index in [0.29, 0.717) is 17.3 Å². The first kappa shape index (κ1) is 16.3. The predicted octanol–water partition coefficient (Wildman–Crippen LogP) is 3.34. The lowest BCUT2D eigenvalue weighted by Gasteiger charge is -2.41. The summed E-state index contributed by atoms with van der Waals surface area (Å²) in [5.74, 6) is 2.15. The molecule has 2 rings (SSSR count). The summed E-state index contributed by atoms with van der Waals surface area (Å²) in [6, 6.07) is 0. The minimum absolute atomic E-state index is 0.404. The van der Waals surface area contributed by atoms with Gasteiger partial charge in [0.2, 0.25) is 0 Å². The molecule has 120 valence electrons. The van der Waals surface area contributed by atoms with Crippen molar-refractivity contribution >= 4 is 0 Å². The Kier molecular flexibility index (Phi) is 5.31. The van der Waals surface area contributed by atoms with E-state index in [0.717, 1.165) is 18.8 Å². The van der Waals surface area contributed by atoms with Crippen LogP contribution in [0.4, 0.5) is 0 Å². The third-order valence-corrected chi connectivity index (χ3v) is 4.89. The molecule has 1 aliphatic rings. The third kappa shape index (κ3) is 3.79. The second-order valence-corrected chi connectivity index (χ2v) is 7.20. The summed E-state index contributed by atoms with van der Waals surface area (Å²) in [4.78, 5) is 0. The first-order chi connectivity index (χ1) is 9.98. The maximum absolute atomic E-state index is 5.56. The molecule has 0 bridgehead atoms. The number of hydrogen-bond donors (Lipinski definition) is 1. The topological polar surface area (TPSA) is 39.1 Å². The number of rotatable bonds is 6. The summed E-state index contributed by atoms with van der Waals surface area (Å²) in [6.07, 6.45) is 6.84. The number of hydrogen-bond acceptors (Lipinski definition) is 3. The maximum Gasteiger partial charge on any atom is 0.160 e. The summed E-state index contributed by atoms with van der Waals surface area (Å²) in [6.45, 7) is 9.20. The van der Waals surface area contributed by atoms with Gasteiger partial charge in [0.1, 0.15) is 0 Å². The van der Waals surface area contributed by atoms with Gasteiger partial charge < -0.3 is 10.1 Å². The van der Waals surface area contributed by atoms with Gasteiger partial charge in [-0.2, -0.15) is 5.10 Å². The van der Waals surface area contributed by atoms with Crippen molar-refractivity contribution in [1.29, 1.82) is 0 Å². The van der Waals surface area contributed by atoms with Gasteiger partial charge in [-0.1, -0.05) is 20.8 Å². The molecule has 1 aliphatic carbocycles. The van der Waals surface area contributed by atoms with Crippen molar-refractivity contribution in [2.75, 3.05) is 20.2 Å². The summed E-state index contributed by atoms with van der Waals surface area (Å²) >= 11 is 0. The summed E-state index contributed by atoms with van der Waals surface area (Å²) in [5, 5.41) is 8.02. The van der Waals surface area contributed by atoms with E-state index in [2.05, 4.69) is 31.2 Å². The van der Waals surface area contributed by atoms with E-state index in [1.807, 2.05) is 17.9 Å². The Balaban J connectivity index is 2.22. The second-order valence-electron chi connectivity index (χ2n) is 7.20. The summed E-state index contributed by atoms with van der Waals surface area (Å²) in [5.41, 5.74) is 1.68. The van der Waals surface area contributed by atoms with Crippen molar-refractivity contribution in [2.24, 2.45) is 18.4 Å². The van der Waals surface area contributed by atoms with Crippen LogP contribution in [0.15, 0.2) is 6.20 Å². The van der Waals surface area contributed by atoms with Crippen LogP contribution in [0, 0.1) is 11.3 Å². The van der Waals surface area contributed by atoms with E-state index in [9.17, 15) is 0 Å². The molecule has 1 fully saturated rings. The second kappa shape index (κ2) is 6.82. The van der Waals surface area contributed by atoms with Crippen molar-refractivity contribution in [3.8, 4) is 5.75 Å². The van der Waals surface area contributed by atoms with Crippen molar-refractivity contribution in [3.63, 3.8) is 0 Å². The number of methoxy groups -OCH3 is 1. The molecule has 0 radical (unpaired) electrons. The molecule has 0 aromatic carbocycles. The highest BCUT2D eigenvalue weighted by molar-refractivity contribution is 5.30. The standard InChI is InChI=1S/C17H31N3O/c1-6-9-18-11-13-7-8-17(2,3)10-14(13)16-15(21-5)12-19-20(16)4/h12-14,18H,6-11H2,1-5H3. The molecule has 1 heterocycles. The van der Waals surface area contributed by atoms with E-state index < -0.39 is 0 Å². The fourth-order valence-electron chi connectivity index (χ4n) is 3.68. The average molecular weight is 293 g/mol. The Bertz CT molecular complexity index is 453. The Morgan fingerprint density at radius 2 is 2.24 bits per heavy atom. The minimum Gasteiger partial charge on any atom is -0.493 e. The van der Waals surface area contributed by atoms with E-state index in [1.165, 1.54) is 31.4 Å². The predicted molar refractivity (Wildman–Crippen MR) is 86.8 cm³/mol. The molecule has 4 nitrogen and oxygen atoms in total. The molecule has 0 saturated heterocycles. The van der Waals surface area contributed by atoms with Crippen molar-refractivity contribution in [3.05, 3.63) is 11.9 Å². The van der Waals surface area contributed by atoms with Crippen LogP contribution in [0.2, 0.25) is 0 Å². The van der Waals surface area contributed by atoms with Crippen molar-refractivity contribution in [1.82, 2.24) is 15.1 Å². The lowest BCUT2D eigenvalue weighted by Crippen LogP contribution is -2.36. The SMILES string of the molecule is CCCNCC1CCC(C)(C)CC1c1c(OC)cnn1C. The first-order valence-corrected chi connectivity index (χ1v) is 8.25. The fourth-order valence-corrected chi connectivity index (χ4v) is 3.68. The average Bonchev–Trinajstić information content (AvgIpc) is 2.81. The molecule has 0 aliphatic heterocycles. The Morgan fingerprint density at radius 1 is 1.48 bits per heavy atom. The molecule has 1 saturated carbocycles. The van der Waals surface area contributed by atoms with E-state index in [-0.39, 0.29) is 0 Å². The van der Waals surface area contributed by atoms with Gasteiger partial charge in [0.15, 0.2) is 5.75 Å². The van der Waals surface area contributed by atoms with Crippen LogP contribution < -0.4 is 10.1 Å². The van der Waals surface area contributed by atoms with E-state index in [1.54, 1.807) is 7.11 Å². The molecule has 2 atom stereocenters. The quantitative estimate of drug-likeness (QED) is 0.818. The highest BCUT2D eigenvalue weighted by atomic mass is 16.5. The summed E-state index contributed by atoms with van der Waals surface area (Å²) in [7, 11) is 3.79. The number of nitrogens with one attached hydrogen (secondary N) is 1. The maximum atomic E-state index is 5.56. The third-order valence-electron chi connectivity index (χ3n) is 4.89. The number of nitrogens with zero attached hydrogens (tertiary/aromatic N) is 2.